The first-order valence-electron chi connectivity index (χ1n) is 7.32. The molecule has 1 saturated heterocycles. The molecule has 1 unspecified atom stereocenters. The number of pyridine rings is 1. The van der Waals surface area contributed by atoms with Gasteiger partial charge in [-0.25, -0.2) is 4.98 Å². The van der Waals surface area contributed by atoms with Gasteiger partial charge in [0.25, 0.3) is 0 Å². The van der Waals surface area contributed by atoms with Crippen molar-refractivity contribution in [3.8, 4) is 6.07 Å². The number of nitriles is 1. The van der Waals surface area contributed by atoms with Crippen molar-refractivity contribution in [2.75, 3.05) is 24.6 Å². The van der Waals surface area contributed by atoms with Crippen LogP contribution in [-0.4, -0.2) is 30.6 Å². The Labute approximate surface area is 125 Å². The van der Waals surface area contributed by atoms with Gasteiger partial charge < -0.3 is 9.64 Å². The molecule has 1 aliphatic rings. The second-order valence-electron chi connectivity index (χ2n) is 5.72. The third kappa shape index (κ3) is 2.85. The number of aromatic nitrogens is 1. The van der Waals surface area contributed by atoms with Gasteiger partial charge in [0, 0.05) is 19.3 Å². The first-order chi connectivity index (χ1) is 10.0. The molecule has 1 aromatic rings. The van der Waals surface area contributed by atoms with Gasteiger partial charge in [0.1, 0.15) is 11.9 Å². The zero-order chi connectivity index (χ0) is 15.5. The Balaban J connectivity index is 2.19. The minimum Gasteiger partial charge on any atom is -0.466 e. The van der Waals surface area contributed by atoms with Crippen molar-refractivity contribution >= 4 is 11.8 Å². The zero-order valence-corrected chi connectivity index (χ0v) is 12.8. The molecule has 0 radical (unpaired) electrons. The van der Waals surface area contributed by atoms with Gasteiger partial charge in [-0.15, -0.1) is 0 Å². The van der Waals surface area contributed by atoms with Gasteiger partial charge >= 0.3 is 5.97 Å². The fraction of sp³-hybridized carbons (Fsp3) is 0.562. The molecular formula is C16H21N3O2. The molecule has 2 rings (SSSR count). The van der Waals surface area contributed by atoms with E-state index in [0.29, 0.717) is 18.7 Å². The molecule has 2 heterocycles. The van der Waals surface area contributed by atoms with E-state index in [0.717, 1.165) is 18.8 Å². The SMILES string of the molecule is CCOC(=O)C1(C(C)C)CCN(c2ccc(C#N)cn2)C1. The lowest BCUT2D eigenvalue weighted by molar-refractivity contribution is -0.156. The Bertz CT molecular complexity index is 548. The van der Waals surface area contributed by atoms with E-state index in [1.54, 1.807) is 12.3 Å². The van der Waals surface area contributed by atoms with Crippen molar-refractivity contribution in [2.24, 2.45) is 11.3 Å². The van der Waals surface area contributed by atoms with E-state index < -0.39 is 5.41 Å². The maximum atomic E-state index is 12.4. The summed E-state index contributed by atoms with van der Waals surface area (Å²) in [5, 5.41) is 8.82. The lowest BCUT2D eigenvalue weighted by Crippen LogP contribution is -2.40. The topological polar surface area (TPSA) is 66.2 Å². The molecule has 0 amide bonds. The highest BCUT2D eigenvalue weighted by Gasteiger charge is 2.48. The van der Waals surface area contributed by atoms with Gasteiger partial charge in [-0.05, 0) is 31.4 Å². The van der Waals surface area contributed by atoms with Gasteiger partial charge in [-0.3, -0.25) is 4.79 Å². The second-order valence-corrected chi connectivity index (χ2v) is 5.72. The fourth-order valence-electron chi connectivity index (χ4n) is 2.82. The number of hydrogen-bond donors (Lipinski definition) is 0. The van der Waals surface area contributed by atoms with E-state index in [-0.39, 0.29) is 11.9 Å². The van der Waals surface area contributed by atoms with Crippen LogP contribution in [0.1, 0.15) is 32.8 Å². The molecule has 0 saturated carbocycles. The van der Waals surface area contributed by atoms with Crippen LogP contribution in [0, 0.1) is 22.7 Å². The standard InChI is InChI=1S/C16H21N3O2/c1-4-21-15(20)16(12(2)3)7-8-19(11-16)14-6-5-13(9-17)10-18-14/h5-6,10,12H,4,7-8,11H2,1-3H3. The molecule has 1 fully saturated rings. The number of carbonyl (C=O) groups is 1. The van der Waals surface area contributed by atoms with Gasteiger partial charge in [0.05, 0.1) is 17.6 Å². The summed E-state index contributed by atoms with van der Waals surface area (Å²) in [6.07, 6.45) is 2.33. The average molecular weight is 287 g/mol. The predicted molar refractivity (Wildman–Crippen MR) is 79.7 cm³/mol. The second kappa shape index (κ2) is 6.13. The molecule has 112 valence electrons. The van der Waals surface area contributed by atoms with Crippen molar-refractivity contribution in [1.82, 2.24) is 4.98 Å². The maximum absolute atomic E-state index is 12.4. The number of ether oxygens (including phenoxy) is 1. The highest BCUT2D eigenvalue weighted by atomic mass is 16.5. The molecule has 21 heavy (non-hydrogen) atoms. The largest absolute Gasteiger partial charge is 0.466 e. The molecule has 5 nitrogen and oxygen atoms in total. The molecule has 1 aliphatic heterocycles. The number of nitrogens with zero attached hydrogens (tertiary/aromatic N) is 3. The smallest absolute Gasteiger partial charge is 0.314 e. The molecule has 5 heteroatoms. The van der Waals surface area contributed by atoms with Crippen molar-refractivity contribution in [3.63, 3.8) is 0 Å². The van der Waals surface area contributed by atoms with E-state index in [4.69, 9.17) is 10.00 Å². The Hall–Kier alpha value is -2.09. The third-order valence-corrected chi connectivity index (χ3v) is 4.29. The summed E-state index contributed by atoms with van der Waals surface area (Å²) in [5.74, 6) is 0.900. The minimum absolute atomic E-state index is 0.115. The summed E-state index contributed by atoms with van der Waals surface area (Å²) >= 11 is 0. The first-order valence-corrected chi connectivity index (χ1v) is 7.32. The van der Waals surface area contributed by atoms with Crippen molar-refractivity contribution < 1.29 is 9.53 Å². The van der Waals surface area contributed by atoms with Crippen LogP contribution in [0.4, 0.5) is 5.82 Å². The predicted octanol–water partition coefficient (Wildman–Crippen LogP) is 2.37. The Morgan fingerprint density at radius 1 is 1.57 bits per heavy atom. The summed E-state index contributed by atoms with van der Waals surface area (Å²) in [6, 6.07) is 5.64. The lowest BCUT2D eigenvalue weighted by Gasteiger charge is -2.31. The van der Waals surface area contributed by atoms with Crippen molar-refractivity contribution in [1.29, 1.82) is 5.26 Å². The Morgan fingerprint density at radius 3 is 2.86 bits per heavy atom. The van der Waals surface area contributed by atoms with Crippen molar-refractivity contribution in [3.05, 3.63) is 23.9 Å². The summed E-state index contributed by atoms with van der Waals surface area (Å²) in [5.41, 5.74) is 0.0736. The van der Waals surface area contributed by atoms with Gasteiger partial charge in [0.15, 0.2) is 0 Å². The number of anilines is 1. The molecule has 0 spiro atoms. The van der Waals surface area contributed by atoms with E-state index in [2.05, 4.69) is 29.8 Å². The molecular weight excluding hydrogens is 266 g/mol. The number of esters is 1. The highest BCUT2D eigenvalue weighted by Crippen LogP contribution is 2.40. The average Bonchev–Trinajstić information content (AvgIpc) is 2.94. The van der Waals surface area contributed by atoms with E-state index >= 15 is 0 Å². The van der Waals surface area contributed by atoms with Gasteiger partial charge in [-0.2, -0.15) is 5.26 Å². The summed E-state index contributed by atoms with van der Waals surface area (Å²) < 4.78 is 5.28. The van der Waals surface area contributed by atoms with Crippen LogP contribution in [-0.2, 0) is 9.53 Å². The number of carbonyl (C=O) groups excluding carboxylic acids is 1. The lowest BCUT2D eigenvalue weighted by atomic mass is 9.76. The summed E-state index contributed by atoms with van der Waals surface area (Å²) in [4.78, 5) is 18.8. The molecule has 0 bridgehead atoms. The quantitative estimate of drug-likeness (QED) is 0.795. The van der Waals surface area contributed by atoms with Gasteiger partial charge in [0.2, 0.25) is 0 Å². The van der Waals surface area contributed by atoms with Gasteiger partial charge in [-0.1, -0.05) is 13.8 Å². The van der Waals surface area contributed by atoms with E-state index in [1.807, 2.05) is 13.0 Å². The summed E-state index contributed by atoms with van der Waals surface area (Å²) in [6.45, 7) is 7.75. The van der Waals surface area contributed by atoms with Crippen molar-refractivity contribution in [2.45, 2.75) is 27.2 Å². The first kappa shape index (κ1) is 15.3. The van der Waals surface area contributed by atoms with Crippen LogP contribution < -0.4 is 4.90 Å². The van der Waals surface area contributed by atoms with Crippen LogP contribution >= 0.6 is 0 Å². The molecule has 1 aromatic heterocycles. The monoisotopic (exact) mass is 287 g/mol. The molecule has 0 aliphatic carbocycles. The normalized spacial score (nSPS) is 21.4. The number of hydrogen-bond acceptors (Lipinski definition) is 5. The van der Waals surface area contributed by atoms with E-state index in [1.165, 1.54) is 0 Å². The zero-order valence-electron chi connectivity index (χ0n) is 12.8. The molecule has 0 N–H and O–H groups in total. The third-order valence-electron chi connectivity index (χ3n) is 4.29. The van der Waals surface area contributed by atoms with Crippen LogP contribution in [0.3, 0.4) is 0 Å². The summed E-state index contributed by atoms with van der Waals surface area (Å²) in [7, 11) is 0. The Morgan fingerprint density at radius 2 is 2.33 bits per heavy atom. The van der Waals surface area contributed by atoms with Crippen LogP contribution in [0.25, 0.3) is 0 Å². The Kier molecular flexibility index (Phi) is 4.46. The minimum atomic E-state index is -0.467. The molecule has 1 atom stereocenters. The highest BCUT2D eigenvalue weighted by molar-refractivity contribution is 5.79. The van der Waals surface area contributed by atoms with Crippen LogP contribution in [0.5, 0.6) is 0 Å². The fourth-order valence-corrected chi connectivity index (χ4v) is 2.82. The molecule has 0 aromatic carbocycles. The number of rotatable bonds is 4. The van der Waals surface area contributed by atoms with Crippen LogP contribution in [0.15, 0.2) is 18.3 Å². The van der Waals surface area contributed by atoms with Crippen LogP contribution in [0.2, 0.25) is 0 Å². The van der Waals surface area contributed by atoms with E-state index in [9.17, 15) is 4.79 Å². The maximum Gasteiger partial charge on any atom is 0.314 e.